The van der Waals surface area contributed by atoms with E-state index < -0.39 is 0 Å². The topological polar surface area (TPSA) is 12.9 Å². The maximum absolute atomic E-state index is 4.79. The summed E-state index contributed by atoms with van der Waals surface area (Å²) in [6.45, 7) is 8.70. The van der Waals surface area contributed by atoms with Crippen LogP contribution in [0, 0.1) is 27.7 Å². The average Bonchev–Trinajstić information content (AvgIpc) is 2.59. The fourth-order valence-corrected chi connectivity index (χ4v) is 3.74. The highest BCUT2D eigenvalue weighted by molar-refractivity contribution is 6.01. The van der Waals surface area contributed by atoms with Gasteiger partial charge in [-0.05, 0) is 72.4 Å². The highest BCUT2D eigenvalue weighted by Gasteiger charge is 2.13. The molecule has 4 aromatic rings. The molecule has 0 spiro atoms. The summed E-state index contributed by atoms with van der Waals surface area (Å²) in [4.78, 5) is 4.79. The van der Waals surface area contributed by atoms with Crippen LogP contribution in [0.3, 0.4) is 0 Å². The van der Waals surface area contributed by atoms with Crippen LogP contribution in [-0.4, -0.2) is 4.98 Å². The van der Waals surface area contributed by atoms with Gasteiger partial charge in [0.2, 0.25) is 0 Å². The standard InChI is InChI=1S/C23H21N/c1-14-15(2)23-16(3)19(12-13-22(23)24-17(14)4)21-11-7-9-18-8-5-6-10-20(18)21/h5-13H,1-4H3. The highest BCUT2D eigenvalue weighted by Crippen LogP contribution is 2.35. The lowest BCUT2D eigenvalue weighted by Crippen LogP contribution is -1.97. The summed E-state index contributed by atoms with van der Waals surface area (Å²) in [6.07, 6.45) is 0. The van der Waals surface area contributed by atoms with Gasteiger partial charge in [0, 0.05) is 11.1 Å². The maximum atomic E-state index is 4.79. The lowest BCUT2D eigenvalue weighted by atomic mass is 9.90. The first-order valence-corrected chi connectivity index (χ1v) is 8.43. The van der Waals surface area contributed by atoms with E-state index in [0.717, 1.165) is 11.2 Å². The number of rotatable bonds is 1. The van der Waals surface area contributed by atoms with Gasteiger partial charge in [0.15, 0.2) is 0 Å². The minimum Gasteiger partial charge on any atom is -0.253 e. The van der Waals surface area contributed by atoms with Gasteiger partial charge in [0.25, 0.3) is 0 Å². The molecule has 1 aromatic heterocycles. The lowest BCUT2D eigenvalue weighted by molar-refractivity contribution is 1.16. The third kappa shape index (κ3) is 2.12. The largest absolute Gasteiger partial charge is 0.253 e. The van der Waals surface area contributed by atoms with E-state index in [-0.39, 0.29) is 0 Å². The summed E-state index contributed by atoms with van der Waals surface area (Å²) in [5.74, 6) is 0. The van der Waals surface area contributed by atoms with E-state index in [1.165, 1.54) is 44.0 Å². The van der Waals surface area contributed by atoms with Crippen LogP contribution in [0.5, 0.6) is 0 Å². The number of nitrogens with zero attached hydrogens (tertiary/aromatic N) is 1. The van der Waals surface area contributed by atoms with Crippen LogP contribution in [0.15, 0.2) is 54.6 Å². The monoisotopic (exact) mass is 311 g/mol. The van der Waals surface area contributed by atoms with Gasteiger partial charge in [-0.1, -0.05) is 48.5 Å². The zero-order chi connectivity index (χ0) is 16.8. The predicted octanol–water partition coefficient (Wildman–Crippen LogP) is 6.29. The number of pyridine rings is 1. The number of hydrogen-bond donors (Lipinski definition) is 0. The molecule has 24 heavy (non-hydrogen) atoms. The second-order valence-electron chi connectivity index (χ2n) is 6.61. The average molecular weight is 311 g/mol. The van der Waals surface area contributed by atoms with E-state index in [0.29, 0.717) is 0 Å². The van der Waals surface area contributed by atoms with Crippen molar-refractivity contribution in [3.05, 3.63) is 77.0 Å². The van der Waals surface area contributed by atoms with E-state index in [9.17, 15) is 0 Å². The van der Waals surface area contributed by atoms with E-state index in [1.807, 2.05) is 0 Å². The molecule has 0 radical (unpaired) electrons. The zero-order valence-electron chi connectivity index (χ0n) is 14.6. The van der Waals surface area contributed by atoms with Gasteiger partial charge in [0.1, 0.15) is 0 Å². The summed E-state index contributed by atoms with van der Waals surface area (Å²) in [5, 5.41) is 3.88. The van der Waals surface area contributed by atoms with Gasteiger partial charge in [-0.2, -0.15) is 0 Å². The van der Waals surface area contributed by atoms with Crippen molar-refractivity contribution in [1.82, 2.24) is 4.98 Å². The van der Waals surface area contributed by atoms with Gasteiger partial charge in [0.05, 0.1) is 5.52 Å². The fraction of sp³-hybridized carbons (Fsp3) is 0.174. The number of hydrogen-bond acceptors (Lipinski definition) is 1. The molecular weight excluding hydrogens is 290 g/mol. The van der Waals surface area contributed by atoms with Crippen LogP contribution in [0.2, 0.25) is 0 Å². The van der Waals surface area contributed by atoms with Gasteiger partial charge in [-0.3, -0.25) is 4.98 Å². The molecule has 0 saturated carbocycles. The van der Waals surface area contributed by atoms with Crippen LogP contribution in [0.4, 0.5) is 0 Å². The molecular formula is C23H21N. The van der Waals surface area contributed by atoms with Crippen molar-refractivity contribution in [2.24, 2.45) is 0 Å². The van der Waals surface area contributed by atoms with E-state index in [2.05, 4.69) is 82.3 Å². The number of fused-ring (bicyclic) bond motifs is 2. The van der Waals surface area contributed by atoms with Crippen molar-refractivity contribution < 1.29 is 0 Å². The lowest BCUT2D eigenvalue weighted by Gasteiger charge is -2.16. The zero-order valence-corrected chi connectivity index (χ0v) is 14.6. The Balaban J connectivity index is 2.09. The van der Waals surface area contributed by atoms with Crippen LogP contribution in [0.1, 0.15) is 22.4 Å². The smallest absolute Gasteiger partial charge is 0.0711 e. The van der Waals surface area contributed by atoms with Gasteiger partial charge in [-0.25, -0.2) is 0 Å². The Morgan fingerprint density at radius 1 is 0.625 bits per heavy atom. The van der Waals surface area contributed by atoms with Crippen molar-refractivity contribution in [1.29, 1.82) is 0 Å². The van der Waals surface area contributed by atoms with Crippen molar-refractivity contribution >= 4 is 21.7 Å². The Kier molecular flexibility index (Phi) is 3.38. The quantitative estimate of drug-likeness (QED) is 0.402. The molecule has 0 amide bonds. The first kappa shape index (κ1) is 14.9. The second-order valence-corrected chi connectivity index (χ2v) is 6.61. The summed E-state index contributed by atoms with van der Waals surface area (Å²) in [6, 6.07) is 19.5. The fourth-order valence-electron chi connectivity index (χ4n) is 3.74. The van der Waals surface area contributed by atoms with Crippen molar-refractivity contribution in [3.63, 3.8) is 0 Å². The molecule has 3 aromatic carbocycles. The van der Waals surface area contributed by atoms with E-state index in [1.54, 1.807) is 0 Å². The molecule has 118 valence electrons. The first-order chi connectivity index (χ1) is 11.6. The maximum Gasteiger partial charge on any atom is 0.0711 e. The minimum atomic E-state index is 1.09. The molecule has 0 aliphatic carbocycles. The highest BCUT2D eigenvalue weighted by atomic mass is 14.7. The molecule has 0 bridgehead atoms. The Hall–Kier alpha value is -2.67. The molecule has 0 N–H and O–H groups in total. The van der Waals surface area contributed by atoms with Crippen LogP contribution >= 0.6 is 0 Å². The molecule has 0 fully saturated rings. The van der Waals surface area contributed by atoms with E-state index in [4.69, 9.17) is 4.98 Å². The van der Waals surface area contributed by atoms with Crippen LogP contribution in [-0.2, 0) is 0 Å². The number of aromatic nitrogens is 1. The van der Waals surface area contributed by atoms with Crippen molar-refractivity contribution in [2.75, 3.05) is 0 Å². The van der Waals surface area contributed by atoms with Gasteiger partial charge in [-0.15, -0.1) is 0 Å². The molecule has 0 aliphatic rings. The first-order valence-electron chi connectivity index (χ1n) is 8.43. The third-order valence-electron chi connectivity index (χ3n) is 5.29. The number of benzene rings is 3. The Bertz CT molecular complexity index is 1080. The predicted molar refractivity (Wildman–Crippen MR) is 104 cm³/mol. The van der Waals surface area contributed by atoms with Gasteiger partial charge >= 0.3 is 0 Å². The molecule has 1 heterocycles. The summed E-state index contributed by atoms with van der Waals surface area (Å²) >= 11 is 0. The SMILES string of the molecule is Cc1nc2ccc(-c3cccc4ccccc34)c(C)c2c(C)c1C. The normalized spacial score (nSPS) is 11.3. The second kappa shape index (κ2) is 5.45. The molecule has 0 saturated heterocycles. The van der Waals surface area contributed by atoms with E-state index >= 15 is 0 Å². The molecule has 0 atom stereocenters. The summed E-state index contributed by atoms with van der Waals surface area (Å²) in [5.41, 5.74) is 8.77. The Labute approximate surface area is 143 Å². The minimum absolute atomic E-state index is 1.09. The molecule has 4 rings (SSSR count). The summed E-state index contributed by atoms with van der Waals surface area (Å²) < 4.78 is 0. The van der Waals surface area contributed by atoms with Crippen molar-refractivity contribution in [2.45, 2.75) is 27.7 Å². The Morgan fingerprint density at radius 3 is 2.21 bits per heavy atom. The Morgan fingerprint density at radius 2 is 1.38 bits per heavy atom. The van der Waals surface area contributed by atoms with Crippen molar-refractivity contribution in [3.8, 4) is 11.1 Å². The molecule has 0 unspecified atom stereocenters. The van der Waals surface area contributed by atoms with Crippen LogP contribution < -0.4 is 0 Å². The number of aryl methyl sites for hydroxylation is 3. The van der Waals surface area contributed by atoms with Crippen LogP contribution in [0.25, 0.3) is 32.8 Å². The van der Waals surface area contributed by atoms with Gasteiger partial charge < -0.3 is 0 Å². The molecule has 0 aliphatic heterocycles. The molecule has 1 heteroatoms. The summed E-state index contributed by atoms with van der Waals surface area (Å²) in [7, 11) is 0. The molecule has 1 nitrogen and oxygen atoms in total. The third-order valence-corrected chi connectivity index (χ3v) is 5.29.